The SMILES string of the molecule is C=CCOC(=O)N1CC(SC(=O)c2ccccc2)CC1Cc1ccnc(C(N)=O)c1. The molecule has 1 saturated heterocycles. The lowest BCUT2D eigenvalue weighted by Gasteiger charge is -2.23. The van der Waals surface area contributed by atoms with E-state index in [1.54, 1.807) is 29.2 Å². The fourth-order valence-electron chi connectivity index (χ4n) is 3.39. The number of benzene rings is 1. The Balaban J connectivity index is 1.74. The number of nitrogens with two attached hydrogens (primary N) is 1. The number of hydrogen-bond donors (Lipinski definition) is 1. The molecule has 1 aromatic heterocycles. The number of ether oxygens (including phenoxy) is 1. The standard InChI is InChI=1S/C22H23N3O4S/c1-2-10-29-22(28)25-14-18(30-21(27)16-6-4-3-5-7-16)13-17(25)11-15-8-9-24-19(12-15)20(23)26/h2-9,12,17-18H,1,10-11,13-14H2,(H2,23,26). The van der Waals surface area contributed by atoms with Crippen molar-refractivity contribution < 1.29 is 19.1 Å². The van der Waals surface area contributed by atoms with Gasteiger partial charge in [-0.3, -0.25) is 14.6 Å². The molecular weight excluding hydrogens is 402 g/mol. The fraction of sp³-hybridized carbons (Fsp3) is 0.273. The van der Waals surface area contributed by atoms with E-state index in [4.69, 9.17) is 10.5 Å². The molecule has 30 heavy (non-hydrogen) atoms. The van der Waals surface area contributed by atoms with Crippen LogP contribution in [0, 0.1) is 0 Å². The molecular formula is C22H23N3O4S. The summed E-state index contributed by atoms with van der Waals surface area (Å²) in [4.78, 5) is 42.2. The zero-order valence-corrected chi connectivity index (χ0v) is 17.2. The second kappa shape index (κ2) is 10.1. The fourth-order valence-corrected chi connectivity index (χ4v) is 4.52. The Kier molecular flexibility index (Phi) is 7.24. The summed E-state index contributed by atoms with van der Waals surface area (Å²) in [6.07, 6.45) is 3.72. The molecule has 2 atom stereocenters. The molecule has 0 radical (unpaired) electrons. The normalized spacial score (nSPS) is 18.1. The van der Waals surface area contributed by atoms with Crippen LogP contribution in [0.4, 0.5) is 4.79 Å². The summed E-state index contributed by atoms with van der Waals surface area (Å²) in [5, 5.41) is -0.0861. The maximum atomic E-state index is 12.6. The number of pyridine rings is 1. The minimum absolute atomic E-state index is 0.0272. The van der Waals surface area contributed by atoms with Gasteiger partial charge in [0.25, 0.3) is 5.91 Å². The van der Waals surface area contributed by atoms with Crippen LogP contribution in [-0.4, -0.2) is 51.4 Å². The Morgan fingerprint density at radius 2 is 2.03 bits per heavy atom. The molecule has 2 aromatic rings. The van der Waals surface area contributed by atoms with Crippen LogP contribution in [0.5, 0.6) is 0 Å². The average Bonchev–Trinajstić information content (AvgIpc) is 3.14. The number of amides is 2. The van der Waals surface area contributed by atoms with Crippen molar-refractivity contribution in [3.05, 3.63) is 78.1 Å². The maximum Gasteiger partial charge on any atom is 0.410 e. The Morgan fingerprint density at radius 1 is 1.27 bits per heavy atom. The van der Waals surface area contributed by atoms with Crippen LogP contribution in [0.2, 0.25) is 0 Å². The molecule has 1 aromatic carbocycles. The second-order valence-corrected chi connectivity index (χ2v) is 8.19. The van der Waals surface area contributed by atoms with Gasteiger partial charge < -0.3 is 15.4 Å². The summed E-state index contributed by atoms with van der Waals surface area (Å²) < 4.78 is 5.23. The van der Waals surface area contributed by atoms with Crippen LogP contribution in [0.1, 0.15) is 32.8 Å². The molecule has 3 rings (SSSR count). The van der Waals surface area contributed by atoms with E-state index in [2.05, 4.69) is 11.6 Å². The molecule has 7 nitrogen and oxygen atoms in total. The molecule has 2 unspecified atom stereocenters. The van der Waals surface area contributed by atoms with Gasteiger partial charge in [0, 0.05) is 29.6 Å². The highest BCUT2D eigenvalue weighted by atomic mass is 32.2. The van der Waals surface area contributed by atoms with Crippen molar-refractivity contribution in [2.45, 2.75) is 24.1 Å². The molecule has 2 N–H and O–H groups in total. The minimum atomic E-state index is -0.604. The van der Waals surface area contributed by atoms with E-state index in [0.717, 1.165) is 5.56 Å². The van der Waals surface area contributed by atoms with Crippen LogP contribution in [0.3, 0.4) is 0 Å². The minimum Gasteiger partial charge on any atom is -0.445 e. The predicted molar refractivity (Wildman–Crippen MR) is 115 cm³/mol. The summed E-state index contributed by atoms with van der Waals surface area (Å²) >= 11 is 1.23. The molecule has 1 aliphatic heterocycles. The van der Waals surface area contributed by atoms with Gasteiger partial charge in [-0.1, -0.05) is 54.7 Å². The van der Waals surface area contributed by atoms with E-state index in [1.807, 2.05) is 18.2 Å². The van der Waals surface area contributed by atoms with Crippen LogP contribution < -0.4 is 5.73 Å². The van der Waals surface area contributed by atoms with Crippen molar-refractivity contribution in [1.29, 1.82) is 0 Å². The number of hydrogen-bond acceptors (Lipinski definition) is 6. The van der Waals surface area contributed by atoms with Gasteiger partial charge in [-0.05, 0) is 30.5 Å². The smallest absolute Gasteiger partial charge is 0.410 e. The van der Waals surface area contributed by atoms with Gasteiger partial charge in [0.1, 0.15) is 12.3 Å². The van der Waals surface area contributed by atoms with Crippen molar-refractivity contribution in [3.63, 3.8) is 0 Å². The number of carbonyl (C=O) groups is 3. The van der Waals surface area contributed by atoms with Gasteiger partial charge in [0.05, 0.1) is 0 Å². The van der Waals surface area contributed by atoms with E-state index >= 15 is 0 Å². The van der Waals surface area contributed by atoms with E-state index in [1.165, 1.54) is 24.0 Å². The number of carbonyl (C=O) groups excluding carboxylic acids is 3. The van der Waals surface area contributed by atoms with Crippen molar-refractivity contribution in [2.75, 3.05) is 13.2 Å². The van der Waals surface area contributed by atoms with E-state index in [0.29, 0.717) is 24.9 Å². The zero-order chi connectivity index (χ0) is 21.5. The maximum absolute atomic E-state index is 12.6. The molecule has 1 fully saturated rings. The lowest BCUT2D eigenvalue weighted by molar-refractivity contribution is 0.0993. The van der Waals surface area contributed by atoms with E-state index < -0.39 is 12.0 Å². The molecule has 0 spiro atoms. The Labute approximate surface area is 179 Å². The third kappa shape index (κ3) is 5.48. The summed E-state index contributed by atoms with van der Waals surface area (Å²) in [5.74, 6) is -0.604. The molecule has 156 valence electrons. The third-order valence-electron chi connectivity index (χ3n) is 4.77. The van der Waals surface area contributed by atoms with Gasteiger partial charge in [-0.2, -0.15) is 0 Å². The molecule has 2 heterocycles. The number of aromatic nitrogens is 1. The lowest BCUT2D eigenvalue weighted by Crippen LogP contribution is -2.37. The van der Waals surface area contributed by atoms with Crippen LogP contribution in [0.25, 0.3) is 0 Å². The Morgan fingerprint density at radius 3 is 2.73 bits per heavy atom. The van der Waals surface area contributed by atoms with Gasteiger partial charge in [0.2, 0.25) is 5.12 Å². The van der Waals surface area contributed by atoms with Gasteiger partial charge in [0.15, 0.2) is 0 Å². The monoisotopic (exact) mass is 425 g/mol. The van der Waals surface area contributed by atoms with Crippen LogP contribution >= 0.6 is 11.8 Å². The first-order valence-electron chi connectivity index (χ1n) is 9.53. The first kappa shape index (κ1) is 21.6. The molecule has 2 amide bonds. The topological polar surface area (TPSA) is 103 Å². The lowest BCUT2D eigenvalue weighted by atomic mass is 10.0. The van der Waals surface area contributed by atoms with Gasteiger partial charge in [-0.15, -0.1) is 0 Å². The Bertz CT molecular complexity index is 935. The summed E-state index contributed by atoms with van der Waals surface area (Å²) in [7, 11) is 0. The van der Waals surface area contributed by atoms with E-state index in [-0.39, 0.29) is 28.7 Å². The highest BCUT2D eigenvalue weighted by Gasteiger charge is 2.37. The first-order chi connectivity index (χ1) is 14.5. The molecule has 0 aliphatic carbocycles. The third-order valence-corrected chi connectivity index (χ3v) is 5.89. The molecule has 1 aliphatic rings. The number of likely N-dealkylation sites (tertiary alicyclic amines) is 1. The average molecular weight is 426 g/mol. The van der Waals surface area contributed by atoms with Gasteiger partial charge in [-0.25, -0.2) is 4.79 Å². The zero-order valence-electron chi connectivity index (χ0n) is 16.4. The highest BCUT2D eigenvalue weighted by Crippen LogP contribution is 2.32. The van der Waals surface area contributed by atoms with Gasteiger partial charge >= 0.3 is 6.09 Å². The number of thioether (sulfide) groups is 1. The highest BCUT2D eigenvalue weighted by molar-refractivity contribution is 8.14. The number of rotatable bonds is 7. The van der Waals surface area contributed by atoms with Crippen molar-refractivity contribution in [3.8, 4) is 0 Å². The Hall–Kier alpha value is -3.13. The van der Waals surface area contributed by atoms with Crippen LogP contribution in [-0.2, 0) is 11.2 Å². The second-order valence-electron chi connectivity index (χ2n) is 6.92. The molecule has 8 heteroatoms. The van der Waals surface area contributed by atoms with Crippen molar-refractivity contribution >= 4 is 28.9 Å². The predicted octanol–water partition coefficient (Wildman–Crippen LogP) is 3.06. The molecule has 0 bridgehead atoms. The summed E-state index contributed by atoms with van der Waals surface area (Å²) in [5.41, 5.74) is 6.96. The quantitative estimate of drug-likeness (QED) is 0.684. The molecule has 0 saturated carbocycles. The number of nitrogens with zero attached hydrogens (tertiary/aromatic N) is 2. The van der Waals surface area contributed by atoms with E-state index in [9.17, 15) is 14.4 Å². The summed E-state index contributed by atoms with van der Waals surface area (Å²) in [6, 6.07) is 12.3. The van der Waals surface area contributed by atoms with Crippen molar-refractivity contribution in [1.82, 2.24) is 9.88 Å². The largest absolute Gasteiger partial charge is 0.445 e. The van der Waals surface area contributed by atoms with Crippen molar-refractivity contribution in [2.24, 2.45) is 5.73 Å². The number of primary amides is 1. The first-order valence-corrected chi connectivity index (χ1v) is 10.4. The van der Waals surface area contributed by atoms with Crippen LogP contribution in [0.15, 0.2) is 61.3 Å². The summed E-state index contributed by atoms with van der Waals surface area (Å²) in [6.45, 7) is 4.08.